The fourth-order valence-electron chi connectivity index (χ4n) is 1.83. The Morgan fingerprint density at radius 3 is 2.62 bits per heavy atom. The molecule has 108 valence electrons. The van der Waals surface area contributed by atoms with Crippen LogP contribution >= 0.6 is 23.2 Å². The van der Waals surface area contributed by atoms with Gasteiger partial charge in [0.15, 0.2) is 11.4 Å². The molecule has 1 N–H and O–H groups in total. The van der Waals surface area contributed by atoms with Gasteiger partial charge >= 0.3 is 0 Å². The van der Waals surface area contributed by atoms with Crippen molar-refractivity contribution in [2.75, 3.05) is 4.72 Å². The summed E-state index contributed by atoms with van der Waals surface area (Å²) in [6.07, 6.45) is 0. The summed E-state index contributed by atoms with van der Waals surface area (Å²) in [6, 6.07) is 11.0. The van der Waals surface area contributed by atoms with Crippen LogP contribution in [-0.4, -0.2) is 13.6 Å². The molecule has 0 radical (unpaired) electrons. The van der Waals surface area contributed by atoms with E-state index in [2.05, 4.69) is 9.88 Å². The molecule has 0 aliphatic carbocycles. The van der Waals surface area contributed by atoms with Crippen molar-refractivity contribution in [1.29, 1.82) is 0 Å². The molecular formula is C13H8Cl2N2O3S. The van der Waals surface area contributed by atoms with E-state index >= 15 is 0 Å². The van der Waals surface area contributed by atoms with Crippen LogP contribution in [0.2, 0.25) is 10.0 Å². The molecule has 0 saturated heterocycles. The van der Waals surface area contributed by atoms with Crippen molar-refractivity contribution in [3.05, 3.63) is 52.5 Å². The lowest BCUT2D eigenvalue weighted by molar-refractivity contribution is 0.460. The Morgan fingerprint density at radius 1 is 1.10 bits per heavy atom. The lowest BCUT2D eigenvalue weighted by atomic mass is 10.2. The van der Waals surface area contributed by atoms with Crippen molar-refractivity contribution in [3.8, 4) is 0 Å². The SMILES string of the molecule is O=S(=O)(Nc1noc2ccccc12)c1ccc(Cl)cc1Cl. The van der Waals surface area contributed by atoms with Gasteiger partial charge in [0.1, 0.15) is 4.90 Å². The number of anilines is 1. The zero-order valence-corrected chi connectivity index (χ0v) is 12.7. The fourth-order valence-corrected chi connectivity index (χ4v) is 3.62. The predicted octanol–water partition coefficient (Wildman–Crippen LogP) is 3.94. The minimum absolute atomic E-state index is 0.0304. The molecule has 0 unspecified atom stereocenters. The van der Waals surface area contributed by atoms with E-state index < -0.39 is 10.0 Å². The lowest BCUT2D eigenvalue weighted by Gasteiger charge is -2.07. The summed E-state index contributed by atoms with van der Waals surface area (Å²) < 4.78 is 32.1. The van der Waals surface area contributed by atoms with E-state index in [0.29, 0.717) is 16.0 Å². The zero-order chi connectivity index (χ0) is 15.0. The first-order valence-electron chi connectivity index (χ1n) is 5.80. The first kappa shape index (κ1) is 14.2. The van der Waals surface area contributed by atoms with Crippen molar-refractivity contribution in [2.24, 2.45) is 0 Å². The number of nitrogens with one attached hydrogen (secondary N) is 1. The Hall–Kier alpha value is -1.76. The van der Waals surface area contributed by atoms with Gasteiger partial charge in [0.25, 0.3) is 10.0 Å². The maximum absolute atomic E-state index is 12.4. The third kappa shape index (κ3) is 2.70. The van der Waals surface area contributed by atoms with E-state index in [1.807, 2.05) is 0 Å². The third-order valence-electron chi connectivity index (χ3n) is 2.79. The number of fused-ring (bicyclic) bond motifs is 1. The number of benzene rings is 2. The second-order valence-corrected chi connectivity index (χ2v) is 6.70. The average molecular weight is 343 g/mol. The highest BCUT2D eigenvalue weighted by atomic mass is 35.5. The van der Waals surface area contributed by atoms with Crippen molar-refractivity contribution >= 4 is 50.0 Å². The number of sulfonamides is 1. The molecule has 0 aliphatic rings. The van der Waals surface area contributed by atoms with Gasteiger partial charge in [0.2, 0.25) is 0 Å². The molecule has 0 fully saturated rings. The standard InChI is InChI=1S/C13H8Cl2N2O3S/c14-8-5-6-12(10(15)7-8)21(18,19)17-13-9-3-1-2-4-11(9)20-16-13/h1-7H,(H,16,17). The first-order chi connectivity index (χ1) is 9.97. The first-order valence-corrected chi connectivity index (χ1v) is 8.03. The number of para-hydroxylation sites is 1. The van der Waals surface area contributed by atoms with Gasteiger partial charge in [0.05, 0.1) is 10.4 Å². The molecule has 3 rings (SSSR count). The molecule has 0 atom stereocenters. The molecule has 8 heteroatoms. The van der Waals surface area contributed by atoms with Crippen LogP contribution in [0.3, 0.4) is 0 Å². The summed E-state index contributed by atoms with van der Waals surface area (Å²) >= 11 is 11.7. The van der Waals surface area contributed by atoms with E-state index in [0.717, 1.165) is 0 Å². The molecule has 0 saturated carbocycles. The topological polar surface area (TPSA) is 72.2 Å². The summed E-state index contributed by atoms with van der Waals surface area (Å²) in [5, 5.41) is 4.66. The van der Waals surface area contributed by atoms with Gasteiger partial charge in [-0.2, -0.15) is 0 Å². The highest BCUT2D eigenvalue weighted by Gasteiger charge is 2.21. The van der Waals surface area contributed by atoms with Crippen molar-refractivity contribution in [2.45, 2.75) is 4.90 Å². The summed E-state index contributed by atoms with van der Waals surface area (Å²) in [6.45, 7) is 0. The van der Waals surface area contributed by atoms with Gasteiger partial charge in [-0.05, 0) is 30.3 Å². The Balaban J connectivity index is 2.03. The van der Waals surface area contributed by atoms with Gasteiger partial charge in [-0.1, -0.05) is 40.5 Å². The van der Waals surface area contributed by atoms with Crippen LogP contribution in [-0.2, 0) is 10.0 Å². The summed E-state index contributed by atoms with van der Waals surface area (Å²) in [7, 11) is -3.89. The highest BCUT2D eigenvalue weighted by molar-refractivity contribution is 7.92. The summed E-state index contributed by atoms with van der Waals surface area (Å²) in [4.78, 5) is -0.0827. The van der Waals surface area contributed by atoms with Gasteiger partial charge in [-0.15, -0.1) is 0 Å². The van der Waals surface area contributed by atoms with E-state index in [-0.39, 0.29) is 15.7 Å². The van der Waals surface area contributed by atoms with Crippen LogP contribution in [0.5, 0.6) is 0 Å². The number of hydrogen-bond acceptors (Lipinski definition) is 4. The Labute approximate surface area is 130 Å². The highest BCUT2D eigenvalue weighted by Crippen LogP contribution is 2.29. The average Bonchev–Trinajstić information content (AvgIpc) is 2.81. The Morgan fingerprint density at radius 2 is 1.86 bits per heavy atom. The molecule has 0 aliphatic heterocycles. The lowest BCUT2D eigenvalue weighted by Crippen LogP contribution is -2.13. The largest absolute Gasteiger partial charge is 0.354 e. The van der Waals surface area contributed by atoms with Crippen LogP contribution in [0.4, 0.5) is 5.82 Å². The van der Waals surface area contributed by atoms with E-state index in [4.69, 9.17) is 27.7 Å². The molecule has 1 heterocycles. The van der Waals surface area contributed by atoms with Crippen LogP contribution in [0.1, 0.15) is 0 Å². The van der Waals surface area contributed by atoms with Crippen LogP contribution in [0, 0.1) is 0 Å². The Kier molecular flexibility index (Phi) is 3.52. The van der Waals surface area contributed by atoms with Gasteiger partial charge < -0.3 is 4.52 Å². The van der Waals surface area contributed by atoms with Crippen molar-refractivity contribution in [1.82, 2.24) is 5.16 Å². The predicted molar refractivity (Wildman–Crippen MR) is 81.3 cm³/mol. The smallest absolute Gasteiger partial charge is 0.264 e. The third-order valence-corrected chi connectivity index (χ3v) is 4.85. The summed E-state index contributed by atoms with van der Waals surface area (Å²) in [5.74, 6) is 0.108. The minimum atomic E-state index is -3.89. The maximum Gasteiger partial charge on any atom is 0.264 e. The molecular weight excluding hydrogens is 335 g/mol. The van der Waals surface area contributed by atoms with Gasteiger partial charge in [-0.3, -0.25) is 4.72 Å². The van der Waals surface area contributed by atoms with Crippen LogP contribution in [0.15, 0.2) is 51.9 Å². The molecule has 0 spiro atoms. The molecule has 5 nitrogen and oxygen atoms in total. The monoisotopic (exact) mass is 342 g/mol. The molecule has 0 amide bonds. The fraction of sp³-hybridized carbons (Fsp3) is 0. The van der Waals surface area contributed by atoms with Crippen molar-refractivity contribution < 1.29 is 12.9 Å². The number of aromatic nitrogens is 1. The van der Waals surface area contributed by atoms with E-state index in [1.54, 1.807) is 24.3 Å². The van der Waals surface area contributed by atoms with Gasteiger partial charge in [-0.25, -0.2) is 8.42 Å². The van der Waals surface area contributed by atoms with Crippen molar-refractivity contribution in [3.63, 3.8) is 0 Å². The Bertz CT molecular complexity index is 922. The summed E-state index contributed by atoms with van der Waals surface area (Å²) in [5.41, 5.74) is 0.484. The maximum atomic E-state index is 12.4. The minimum Gasteiger partial charge on any atom is -0.354 e. The van der Waals surface area contributed by atoms with E-state index in [9.17, 15) is 8.42 Å². The van der Waals surface area contributed by atoms with E-state index in [1.165, 1.54) is 18.2 Å². The normalized spacial score (nSPS) is 11.7. The number of rotatable bonds is 3. The second kappa shape index (κ2) is 5.22. The molecule has 2 aromatic carbocycles. The molecule has 1 aromatic heterocycles. The molecule has 21 heavy (non-hydrogen) atoms. The number of nitrogens with zero attached hydrogens (tertiary/aromatic N) is 1. The number of hydrogen-bond donors (Lipinski definition) is 1. The quantitative estimate of drug-likeness (QED) is 0.782. The zero-order valence-electron chi connectivity index (χ0n) is 10.4. The van der Waals surface area contributed by atoms with Crippen LogP contribution in [0.25, 0.3) is 11.0 Å². The molecule has 3 aromatic rings. The molecule has 0 bridgehead atoms. The number of halogens is 2. The van der Waals surface area contributed by atoms with Crippen LogP contribution < -0.4 is 4.72 Å². The second-order valence-electron chi connectivity index (χ2n) is 4.21. The van der Waals surface area contributed by atoms with Gasteiger partial charge in [0, 0.05) is 5.02 Å².